The summed E-state index contributed by atoms with van der Waals surface area (Å²) in [6.45, 7) is 7.57. The number of hydrogen-bond acceptors (Lipinski definition) is 4. The third-order valence-electron chi connectivity index (χ3n) is 4.76. The first-order valence-electron chi connectivity index (χ1n) is 10.6. The van der Waals surface area contributed by atoms with Crippen LogP contribution in [0, 0.1) is 12.8 Å². The number of halogens is 3. The van der Waals surface area contributed by atoms with Gasteiger partial charge in [0.2, 0.25) is 0 Å². The predicted molar refractivity (Wildman–Crippen MR) is 121 cm³/mol. The zero-order valence-corrected chi connectivity index (χ0v) is 19.7. The first kappa shape index (κ1) is 28.6. The van der Waals surface area contributed by atoms with Gasteiger partial charge in [-0.25, -0.2) is 13.8 Å². The van der Waals surface area contributed by atoms with E-state index in [0.29, 0.717) is 5.15 Å². The van der Waals surface area contributed by atoms with Gasteiger partial charge in [0.25, 0.3) is 0 Å². The fraction of sp³-hybridized carbons (Fsp3) is 0.696. The predicted octanol–water partition coefficient (Wildman–Crippen LogP) is 6.77. The largest absolute Gasteiger partial charge is 0.384 e. The van der Waals surface area contributed by atoms with Crippen LogP contribution in [-0.4, -0.2) is 40.5 Å². The Morgan fingerprint density at radius 3 is 2.23 bits per heavy atom. The third kappa shape index (κ3) is 12.3. The molecule has 7 heteroatoms. The molecule has 1 saturated carbocycles. The van der Waals surface area contributed by atoms with Gasteiger partial charge in [-0.15, -0.1) is 0 Å². The molecule has 0 saturated heterocycles. The second-order valence-electron chi connectivity index (χ2n) is 7.93. The van der Waals surface area contributed by atoms with Gasteiger partial charge in [0.15, 0.2) is 0 Å². The van der Waals surface area contributed by atoms with E-state index in [-0.39, 0.29) is 12.2 Å². The highest BCUT2D eigenvalue weighted by atomic mass is 35.5. The molecule has 1 aliphatic rings. The summed E-state index contributed by atoms with van der Waals surface area (Å²) in [5.74, 6) is 0.734. The van der Waals surface area contributed by atoms with Crippen molar-refractivity contribution >= 4 is 28.8 Å². The highest BCUT2D eigenvalue weighted by Crippen LogP contribution is 2.24. The molecule has 30 heavy (non-hydrogen) atoms. The van der Waals surface area contributed by atoms with Crippen LogP contribution < -0.4 is 0 Å². The Hall–Kier alpha value is -1.40. The molecule has 1 aromatic rings. The molecule has 0 atom stereocenters. The van der Waals surface area contributed by atoms with Gasteiger partial charge in [0, 0.05) is 18.6 Å². The van der Waals surface area contributed by atoms with Crippen molar-refractivity contribution in [3.8, 4) is 0 Å². The summed E-state index contributed by atoms with van der Waals surface area (Å²) in [7, 11) is 0. The molecular weight excluding hydrogens is 410 g/mol. The summed E-state index contributed by atoms with van der Waals surface area (Å²) >= 11 is 5.76. The van der Waals surface area contributed by atoms with E-state index >= 15 is 0 Å². The van der Waals surface area contributed by atoms with Gasteiger partial charge in [-0.3, -0.25) is 9.79 Å². The number of hydrogen-bond donors (Lipinski definition) is 1. The van der Waals surface area contributed by atoms with Crippen LogP contribution in [0.5, 0.6) is 0 Å². The molecule has 1 fully saturated rings. The average Bonchev–Trinajstić information content (AvgIpc) is 2.69. The highest BCUT2D eigenvalue weighted by Gasteiger charge is 2.29. The lowest BCUT2D eigenvalue weighted by Gasteiger charge is -2.19. The molecule has 0 amide bonds. The summed E-state index contributed by atoms with van der Waals surface area (Å²) in [6.07, 6.45) is 6.37. The summed E-state index contributed by atoms with van der Waals surface area (Å²) < 4.78 is 23.8. The Morgan fingerprint density at radius 1 is 1.30 bits per heavy atom. The minimum atomic E-state index is -2.08. The lowest BCUT2D eigenvalue weighted by atomic mass is 9.88. The second kappa shape index (κ2) is 15.4. The minimum Gasteiger partial charge on any atom is -0.384 e. The van der Waals surface area contributed by atoms with E-state index in [1.807, 2.05) is 19.9 Å². The van der Waals surface area contributed by atoms with Gasteiger partial charge >= 0.3 is 0 Å². The monoisotopic (exact) mass is 446 g/mol. The number of carbonyl (C=O) groups excluding carboxylic acids is 1. The van der Waals surface area contributed by atoms with Crippen LogP contribution in [0.15, 0.2) is 17.1 Å². The van der Waals surface area contributed by atoms with Crippen LogP contribution in [0.1, 0.15) is 78.3 Å². The number of Topliss-reactive ketones (excluding diaryl/α,β-unsaturated/α-hetero) is 1. The minimum absolute atomic E-state index is 0.197. The number of aryl methyl sites for hydroxylation is 1. The van der Waals surface area contributed by atoms with Crippen molar-refractivity contribution in [1.82, 2.24) is 4.98 Å². The van der Waals surface area contributed by atoms with Crippen LogP contribution in [-0.2, 0) is 4.79 Å². The Bertz CT molecular complexity index is 661. The standard InChI is InChI=1S/C11H15ClN2.C7H12F2O2.C5H10/c1-4-5-8(2)13-10-6-7-11(12)14-9(10)3;1-2-6(10)3-7(11,4-8)5-9;1-5-3-2-4-5/h6-7H,4-5H2,1-3H3;11H,2-5H2,1H3;5H,2-4H2,1H3. The number of ketones is 1. The molecule has 0 bridgehead atoms. The van der Waals surface area contributed by atoms with Gasteiger partial charge in [0.05, 0.1) is 11.4 Å². The quantitative estimate of drug-likeness (QED) is 0.354. The van der Waals surface area contributed by atoms with Gasteiger partial charge in [0.1, 0.15) is 29.9 Å². The fourth-order valence-corrected chi connectivity index (χ4v) is 2.69. The topological polar surface area (TPSA) is 62.5 Å². The van der Waals surface area contributed by atoms with E-state index in [1.165, 1.54) is 19.3 Å². The van der Waals surface area contributed by atoms with Crippen molar-refractivity contribution < 1.29 is 18.7 Å². The van der Waals surface area contributed by atoms with E-state index in [4.69, 9.17) is 16.7 Å². The maximum atomic E-state index is 11.9. The Morgan fingerprint density at radius 2 is 1.87 bits per heavy atom. The Kier molecular flexibility index (Phi) is 14.7. The van der Waals surface area contributed by atoms with Crippen molar-refractivity contribution in [1.29, 1.82) is 0 Å². The van der Waals surface area contributed by atoms with Crippen LogP contribution in [0.25, 0.3) is 0 Å². The van der Waals surface area contributed by atoms with Crippen molar-refractivity contribution in [3.05, 3.63) is 23.0 Å². The average molecular weight is 447 g/mol. The Balaban J connectivity index is 0.000000464. The van der Waals surface area contributed by atoms with Gasteiger partial charge in [-0.1, -0.05) is 58.1 Å². The normalized spacial score (nSPS) is 14.1. The first-order chi connectivity index (χ1) is 14.1. The lowest BCUT2D eigenvalue weighted by Crippen LogP contribution is -2.36. The summed E-state index contributed by atoms with van der Waals surface area (Å²) in [4.78, 5) is 19.3. The molecule has 4 nitrogen and oxygen atoms in total. The smallest absolute Gasteiger partial charge is 0.135 e. The molecule has 0 aliphatic heterocycles. The first-order valence-corrected chi connectivity index (χ1v) is 11.0. The number of aliphatic hydroxyl groups is 1. The van der Waals surface area contributed by atoms with Crippen LogP contribution in [0.2, 0.25) is 5.15 Å². The number of alkyl halides is 2. The third-order valence-corrected chi connectivity index (χ3v) is 4.97. The van der Waals surface area contributed by atoms with Crippen molar-refractivity contribution in [2.24, 2.45) is 10.9 Å². The van der Waals surface area contributed by atoms with E-state index in [2.05, 4.69) is 23.8 Å². The molecule has 1 heterocycles. The van der Waals surface area contributed by atoms with Crippen molar-refractivity contribution in [3.63, 3.8) is 0 Å². The number of rotatable bonds is 8. The van der Waals surface area contributed by atoms with Crippen LogP contribution >= 0.6 is 11.6 Å². The molecule has 0 aromatic carbocycles. The maximum Gasteiger partial charge on any atom is 0.135 e. The Labute approximate surface area is 185 Å². The van der Waals surface area contributed by atoms with E-state index in [1.54, 1.807) is 13.0 Å². The maximum absolute atomic E-state index is 11.9. The van der Waals surface area contributed by atoms with Crippen LogP contribution in [0.3, 0.4) is 0 Å². The molecule has 0 unspecified atom stereocenters. The molecule has 0 spiro atoms. The highest BCUT2D eigenvalue weighted by molar-refractivity contribution is 6.29. The second-order valence-corrected chi connectivity index (χ2v) is 8.32. The SMILES string of the molecule is CC1CCC1.CCC(=O)CC(O)(CF)CF.CCCC(C)=Nc1ccc(Cl)nc1C. The molecule has 1 aromatic heterocycles. The number of nitrogens with zero attached hydrogens (tertiary/aromatic N) is 2. The van der Waals surface area contributed by atoms with E-state index in [0.717, 1.165) is 35.9 Å². The zero-order chi connectivity index (χ0) is 23.2. The summed E-state index contributed by atoms with van der Waals surface area (Å²) in [5, 5.41) is 9.48. The number of carbonyl (C=O) groups is 1. The molecule has 172 valence electrons. The molecular formula is C23H37ClF2N2O2. The van der Waals surface area contributed by atoms with Crippen molar-refractivity contribution in [2.75, 3.05) is 13.3 Å². The number of aromatic nitrogens is 1. The van der Waals surface area contributed by atoms with Gasteiger partial charge in [-0.2, -0.15) is 0 Å². The summed E-state index contributed by atoms with van der Waals surface area (Å²) in [6, 6.07) is 3.68. The molecule has 0 radical (unpaired) electrons. The van der Waals surface area contributed by atoms with E-state index < -0.39 is 25.4 Å². The molecule has 1 aliphatic carbocycles. The van der Waals surface area contributed by atoms with Gasteiger partial charge < -0.3 is 5.11 Å². The van der Waals surface area contributed by atoms with Gasteiger partial charge in [-0.05, 0) is 38.3 Å². The number of aliphatic imine (C=N–C) groups is 1. The lowest BCUT2D eigenvalue weighted by molar-refractivity contribution is -0.125. The van der Waals surface area contributed by atoms with Crippen LogP contribution in [0.4, 0.5) is 14.5 Å². The van der Waals surface area contributed by atoms with Crippen molar-refractivity contribution in [2.45, 2.75) is 85.2 Å². The fourth-order valence-electron chi connectivity index (χ4n) is 2.50. The van der Waals surface area contributed by atoms with E-state index in [9.17, 15) is 13.6 Å². The molecule has 2 rings (SSSR count). The number of pyridine rings is 1. The molecule has 1 N–H and O–H groups in total. The zero-order valence-electron chi connectivity index (χ0n) is 19.0. The summed E-state index contributed by atoms with van der Waals surface area (Å²) in [5.41, 5.74) is 0.862.